The van der Waals surface area contributed by atoms with Crippen LogP contribution < -0.4 is 10.6 Å². The Labute approximate surface area is 170 Å². The molecule has 0 bridgehead atoms. The molecule has 1 atom stereocenters. The molecule has 0 radical (unpaired) electrons. The van der Waals surface area contributed by atoms with Crippen LogP contribution in [0.15, 0.2) is 75.7 Å². The molecule has 0 spiro atoms. The van der Waals surface area contributed by atoms with Crippen molar-refractivity contribution in [2.45, 2.75) is 25.2 Å². The van der Waals surface area contributed by atoms with Crippen molar-refractivity contribution in [3.05, 3.63) is 87.0 Å². The van der Waals surface area contributed by atoms with Gasteiger partial charge >= 0.3 is 0 Å². The first-order valence-corrected chi connectivity index (χ1v) is 9.77. The Morgan fingerprint density at radius 1 is 1.11 bits per heavy atom. The highest BCUT2D eigenvalue weighted by Crippen LogP contribution is 2.46. The van der Waals surface area contributed by atoms with E-state index in [-0.39, 0.29) is 17.4 Å². The summed E-state index contributed by atoms with van der Waals surface area (Å²) < 4.78 is 14.3. The van der Waals surface area contributed by atoms with Crippen LogP contribution in [0.4, 0.5) is 10.1 Å². The van der Waals surface area contributed by atoms with Gasteiger partial charge in [-0.15, -0.1) is 0 Å². The average Bonchev–Trinajstić information content (AvgIpc) is 2.69. The average molecular weight is 438 g/mol. The number of rotatable bonds is 2. The molecule has 2 N–H and O–H groups in total. The molecule has 0 aromatic heterocycles. The van der Waals surface area contributed by atoms with E-state index in [9.17, 15) is 14.4 Å². The van der Waals surface area contributed by atoms with Crippen LogP contribution in [-0.4, -0.2) is 5.78 Å². The van der Waals surface area contributed by atoms with Crippen LogP contribution in [0.25, 0.3) is 0 Å². The fourth-order valence-corrected chi connectivity index (χ4v) is 4.22. The van der Waals surface area contributed by atoms with Gasteiger partial charge < -0.3 is 5.73 Å². The Hall–Kier alpha value is -2.91. The highest BCUT2D eigenvalue weighted by molar-refractivity contribution is 9.10. The van der Waals surface area contributed by atoms with Crippen molar-refractivity contribution in [1.29, 1.82) is 5.26 Å². The minimum Gasteiger partial charge on any atom is -0.384 e. The van der Waals surface area contributed by atoms with E-state index in [4.69, 9.17) is 5.73 Å². The first kappa shape index (κ1) is 18.5. The zero-order valence-electron chi connectivity index (χ0n) is 15.0. The van der Waals surface area contributed by atoms with E-state index in [1.165, 1.54) is 12.1 Å². The van der Waals surface area contributed by atoms with Crippen molar-refractivity contribution < 1.29 is 9.18 Å². The Kier molecular flexibility index (Phi) is 4.78. The summed E-state index contributed by atoms with van der Waals surface area (Å²) in [6.45, 7) is 0. The number of halogens is 2. The summed E-state index contributed by atoms with van der Waals surface area (Å²) in [6.07, 6.45) is 1.84. The van der Waals surface area contributed by atoms with E-state index in [0.29, 0.717) is 29.7 Å². The second-order valence-corrected chi connectivity index (χ2v) is 7.76. The lowest BCUT2D eigenvalue weighted by molar-refractivity contribution is -0.116. The third-order valence-electron chi connectivity index (χ3n) is 5.20. The van der Waals surface area contributed by atoms with Gasteiger partial charge in [0.2, 0.25) is 0 Å². The number of nitrogens with two attached hydrogens (primary N) is 1. The molecule has 2 aliphatic rings. The number of hydrogen-bond acceptors (Lipinski definition) is 4. The third kappa shape index (κ3) is 3.02. The number of nitrogens with zero attached hydrogens (tertiary/aromatic N) is 2. The van der Waals surface area contributed by atoms with Crippen LogP contribution in [0.2, 0.25) is 0 Å². The molecule has 1 aliphatic carbocycles. The smallest absolute Gasteiger partial charge is 0.161 e. The minimum absolute atomic E-state index is 0.0292. The lowest BCUT2D eigenvalue weighted by Crippen LogP contribution is -2.38. The molecule has 140 valence electrons. The van der Waals surface area contributed by atoms with E-state index in [1.807, 2.05) is 24.3 Å². The third-order valence-corrected chi connectivity index (χ3v) is 5.73. The molecule has 0 amide bonds. The lowest BCUT2D eigenvalue weighted by Gasteiger charge is -2.39. The molecule has 0 fully saturated rings. The Morgan fingerprint density at radius 2 is 1.79 bits per heavy atom. The summed E-state index contributed by atoms with van der Waals surface area (Å²) in [5, 5.41) is 9.92. The molecule has 2 aromatic carbocycles. The number of nitriles is 1. The first-order valence-electron chi connectivity index (χ1n) is 8.98. The predicted octanol–water partition coefficient (Wildman–Crippen LogP) is 4.89. The molecule has 4 nitrogen and oxygen atoms in total. The van der Waals surface area contributed by atoms with Gasteiger partial charge in [-0.2, -0.15) is 5.26 Å². The first-order chi connectivity index (χ1) is 13.5. The highest BCUT2D eigenvalue weighted by Gasteiger charge is 2.40. The van der Waals surface area contributed by atoms with Crippen LogP contribution in [0.3, 0.4) is 0 Å². The van der Waals surface area contributed by atoms with Crippen LogP contribution in [0, 0.1) is 17.1 Å². The second kappa shape index (κ2) is 7.25. The Morgan fingerprint density at radius 3 is 2.43 bits per heavy atom. The maximum absolute atomic E-state index is 13.4. The molecule has 28 heavy (non-hydrogen) atoms. The van der Waals surface area contributed by atoms with Gasteiger partial charge in [0.1, 0.15) is 11.6 Å². The summed E-state index contributed by atoms with van der Waals surface area (Å²) in [4.78, 5) is 14.7. The standard InChI is InChI=1S/C22H17BrFN3O/c23-14-6-4-13(5-7-14)20-17(12-25)22(26)27(16-10-8-15(24)9-11-16)18-2-1-3-19(28)21(18)20/h4-11,20H,1-3,26H2/t20-/m1/s1. The van der Waals surface area contributed by atoms with Gasteiger partial charge in [0, 0.05) is 27.9 Å². The Balaban J connectivity index is 1.95. The predicted molar refractivity (Wildman–Crippen MR) is 108 cm³/mol. The normalized spacial score (nSPS) is 19.5. The van der Waals surface area contributed by atoms with Gasteiger partial charge in [-0.1, -0.05) is 28.1 Å². The fourth-order valence-electron chi connectivity index (χ4n) is 3.96. The van der Waals surface area contributed by atoms with Crippen molar-refractivity contribution in [1.82, 2.24) is 0 Å². The highest BCUT2D eigenvalue weighted by atomic mass is 79.9. The molecule has 6 heteroatoms. The molecular formula is C22H17BrFN3O. The monoisotopic (exact) mass is 437 g/mol. The van der Waals surface area contributed by atoms with Crippen molar-refractivity contribution in [3.63, 3.8) is 0 Å². The van der Waals surface area contributed by atoms with Crippen molar-refractivity contribution in [3.8, 4) is 6.07 Å². The van der Waals surface area contributed by atoms with Crippen molar-refractivity contribution >= 4 is 27.4 Å². The number of Topliss-reactive ketones (excluding diaryl/α,β-unsaturated/α-hetero) is 1. The van der Waals surface area contributed by atoms with E-state index >= 15 is 0 Å². The van der Waals surface area contributed by atoms with Gasteiger partial charge in [-0.05, 0) is 54.8 Å². The van der Waals surface area contributed by atoms with Gasteiger partial charge in [-0.25, -0.2) is 4.39 Å². The number of carbonyl (C=O) groups is 1. The van der Waals surface area contributed by atoms with E-state index < -0.39 is 5.92 Å². The SMILES string of the molecule is N#CC1=C(N)N(c2ccc(F)cc2)C2=C(C(=O)CCC2)[C@@H]1c1ccc(Br)cc1. The summed E-state index contributed by atoms with van der Waals surface area (Å²) in [5.74, 6) is -0.528. The van der Waals surface area contributed by atoms with Crippen LogP contribution >= 0.6 is 15.9 Å². The van der Waals surface area contributed by atoms with Crippen LogP contribution in [0.1, 0.15) is 30.7 Å². The quantitative estimate of drug-likeness (QED) is 0.725. The molecule has 0 saturated carbocycles. The molecule has 4 rings (SSSR count). The molecule has 0 saturated heterocycles. The van der Waals surface area contributed by atoms with Gasteiger partial charge in [0.25, 0.3) is 0 Å². The number of benzene rings is 2. The van der Waals surface area contributed by atoms with E-state index in [2.05, 4.69) is 22.0 Å². The van der Waals surface area contributed by atoms with Crippen molar-refractivity contribution in [2.75, 3.05) is 4.90 Å². The van der Waals surface area contributed by atoms with Crippen molar-refractivity contribution in [2.24, 2.45) is 5.73 Å². The molecule has 0 unspecified atom stereocenters. The van der Waals surface area contributed by atoms with E-state index in [1.54, 1.807) is 17.0 Å². The summed E-state index contributed by atoms with van der Waals surface area (Å²) in [7, 11) is 0. The number of ketones is 1. The largest absolute Gasteiger partial charge is 0.384 e. The number of carbonyl (C=O) groups excluding carboxylic acids is 1. The molecular weight excluding hydrogens is 421 g/mol. The maximum Gasteiger partial charge on any atom is 0.161 e. The van der Waals surface area contributed by atoms with Crippen LogP contribution in [0.5, 0.6) is 0 Å². The zero-order chi connectivity index (χ0) is 19.8. The van der Waals surface area contributed by atoms with Gasteiger partial charge in [0.05, 0.1) is 17.6 Å². The van der Waals surface area contributed by atoms with E-state index in [0.717, 1.165) is 22.2 Å². The summed E-state index contributed by atoms with van der Waals surface area (Å²) >= 11 is 3.42. The zero-order valence-corrected chi connectivity index (χ0v) is 16.5. The molecule has 1 heterocycles. The Bertz CT molecular complexity index is 1050. The number of allylic oxidation sites excluding steroid dienone is 3. The number of hydrogen-bond donors (Lipinski definition) is 1. The van der Waals surface area contributed by atoms with Crippen LogP contribution in [-0.2, 0) is 4.79 Å². The molecule has 1 aliphatic heterocycles. The lowest BCUT2D eigenvalue weighted by atomic mass is 9.75. The molecule has 2 aromatic rings. The minimum atomic E-state index is -0.488. The second-order valence-electron chi connectivity index (χ2n) is 6.84. The summed E-state index contributed by atoms with van der Waals surface area (Å²) in [5.41, 5.74) is 9.69. The topological polar surface area (TPSA) is 70.1 Å². The fraction of sp³-hybridized carbons (Fsp3) is 0.182. The van der Waals surface area contributed by atoms with Gasteiger partial charge in [0.15, 0.2) is 5.78 Å². The summed E-state index contributed by atoms with van der Waals surface area (Å²) in [6, 6.07) is 15.7. The number of anilines is 1. The van der Waals surface area contributed by atoms with Gasteiger partial charge in [-0.3, -0.25) is 9.69 Å². The maximum atomic E-state index is 13.4.